The molecule has 0 heterocycles. The van der Waals surface area contributed by atoms with E-state index < -0.39 is 0 Å². The van der Waals surface area contributed by atoms with Gasteiger partial charge in [-0.05, 0) is 24.7 Å². The third kappa shape index (κ3) is 31.5. The summed E-state index contributed by atoms with van der Waals surface area (Å²) >= 11 is 0. The monoisotopic (exact) mass is 651 g/mol. The van der Waals surface area contributed by atoms with Crippen LogP contribution in [0.3, 0.4) is 0 Å². The van der Waals surface area contributed by atoms with Gasteiger partial charge in [-0.2, -0.15) is 0 Å². The molecule has 0 radical (unpaired) electrons. The second kappa shape index (κ2) is 36.7. The van der Waals surface area contributed by atoms with Crippen LogP contribution in [0.1, 0.15) is 206 Å². The summed E-state index contributed by atoms with van der Waals surface area (Å²) in [5.74, 6) is 2.12. The average molecular weight is 651 g/mol. The maximum absolute atomic E-state index is 11.8. The lowest BCUT2D eigenvalue weighted by Crippen LogP contribution is -2.28. The van der Waals surface area contributed by atoms with Crippen molar-refractivity contribution in [3.8, 4) is 0 Å². The normalized spacial score (nSPS) is 12.7. The van der Waals surface area contributed by atoms with Crippen molar-refractivity contribution in [1.29, 1.82) is 0 Å². The van der Waals surface area contributed by atoms with Gasteiger partial charge in [0.05, 0.1) is 0 Å². The Bertz CT molecular complexity index is 591. The van der Waals surface area contributed by atoms with Gasteiger partial charge >= 0.3 is 0 Å². The van der Waals surface area contributed by atoms with E-state index in [1.165, 1.54) is 167 Å². The highest BCUT2D eigenvalue weighted by Gasteiger charge is 2.20. The molecule has 2 atom stereocenters. The van der Waals surface area contributed by atoms with Crippen LogP contribution in [0.25, 0.3) is 0 Å². The number of unbranched alkanes of at least 4 members (excludes halogenated alkanes) is 20. The number of hydrogen-bond donors (Lipinski definition) is 4. The number of nitrogens with one attached hydrogen (secondary N) is 2. The SMILES string of the molecule is CCCCCCCCC(CCCCCCCCC(=O)NCCN)C(CCCCCCCC)CCCCCCCCC(=O)NCCN. The Morgan fingerprint density at radius 1 is 0.413 bits per heavy atom. The molecule has 46 heavy (non-hydrogen) atoms. The zero-order valence-corrected chi connectivity index (χ0v) is 31.2. The first-order valence-corrected chi connectivity index (χ1v) is 20.5. The van der Waals surface area contributed by atoms with E-state index in [-0.39, 0.29) is 11.8 Å². The van der Waals surface area contributed by atoms with Gasteiger partial charge < -0.3 is 22.1 Å². The average Bonchev–Trinajstić information content (AvgIpc) is 3.06. The van der Waals surface area contributed by atoms with Gasteiger partial charge in [-0.1, -0.05) is 181 Å². The Balaban J connectivity index is 4.73. The summed E-state index contributed by atoms with van der Waals surface area (Å²) in [6.45, 7) is 6.85. The Morgan fingerprint density at radius 3 is 0.957 bits per heavy atom. The highest BCUT2D eigenvalue weighted by molar-refractivity contribution is 5.76. The molecule has 0 aliphatic heterocycles. The highest BCUT2D eigenvalue weighted by atomic mass is 16.2. The molecule has 0 saturated heterocycles. The molecule has 6 N–H and O–H groups in total. The molecule has 0 rings (SSSR count). The third-order valence-electron chi connectivity index (χ3n) is 9.91. The molecular weight excluding hydrogens is 568 g/mol. The lowest BCUT2D eigenvalue weighted by Gasteiger charge is -2.28. The molecule has 0 aromatic carbocycles. The smallest absolute Gasteiger partial charge is 0.220 e. The van der Waals surface area contributed by atoms with Crippen molar-refractivity contribution in [2.75, 3.05) is 26.2 Å². The zero-order chi connectivity index (χ0) is 33.8. The fraction of sp³-hybridized carbons (Fsp3) is 0.950. The Labute approximate surface area is 287 Å². The van der Waals surface area contributed by atoms with Crippen molar-refractivity contribution in [3.05, 3.63) is 0 Å². The maximum atomic E-state index is 11.8. The first-order valence-electron chi connectivity index (χ1n) is 20.5. The van der Waals surface area contributed by atoms with Crippen molar-refractivity contribution in [2.24, 2.45) is 23.3 Å². The van der Waals surface area contributed by atoms with Gasteiger partial charge in [-0.3, -0.25) is 9.59 Å². The van der Waals surface area contributed by atoms with Crippen molar-refractivity contribution in [3.63, 3.8) is 0 Å². The van der Waals surface area contributed by atoms with Crippen LogP contribution < -0.4 is 22.1 Å². The van der Waals surface area contributed by atoms with E-state index in [4.69, 9.17) is 11.5 Å². The molecule has 0 aliphatic rings. The van der Waals surface area contributed by atoms with Crippen LogP contribution in [0, 0.1) is 11.8 Å². The van der Waals surface area contributed by atoms with Gasteiger partial charge in [-0.25, -0.2) is 0 Å². The minimum absolute atomic E-state index is 0.155. The molecule has 2 unspecified atom stereocenters. The van der Waals surface area contributed by atoms with Crippen LogP contribution in [0.15, 0.2) is 0 Å². The van der Waals surface area contributed by atoms with Crippen molar-refractivity contribution in [2.45, 2.75) is 206 Å². The van der Waals surface area contributed by atoms with Crippen LogP contribution in [-0.4, -0.2) is 38.0 Å². The van der Waals surface area contributed by atoms with Crippen molar-refractivity contribution >= 4 is 11.8 Å². The zero-order valence-electron chi connectivity index (χ0n) is 31.2. The summed E-state index contributed by atoms with van der Waals surface area (Å²) < 4.78 is 0. The van der Waals surface area contributed by atoms with E-state index in [0.29, 0.717) is 39.0 Å². The fourth-order valence-electron chi connectivity index (χ4n) is 7.00. The molecule has 0 aromatic heterocycles. The second-order valence-electron chi connectivity index (χ2n) is 14.2. The Hall–Kier alpha value is -1.14. The predicted molar refractivity (Wildman–Crippen MR) is 201 cm³/mol. The summed E-state index contributed by atoms with van der Waals surface area (Å²) in [4.78, 5) is 23.6. The number of amides is 2. The Morgan fingerprint density at radius 2 is 0.674 bits per heavy atom. The summed E-state index contributed by atoms with van der Waals surface area (Å²) in [6, 6.07) is 0. The quantitative estimate of drug-likeness (QED) is 0.0502. The molecule has 2 amide bonds. The standard InChI is InChI=1S/C40H82N4O2/c1-3-5-7-9-15-21-27-37(29-23-17-11-13-19-25-31-39(45)43-35-33-41)38(28-22-16-10-8-6-4-2)30-24-18-12-14-20-26-32-40(46)44-36-34-42/h37-38H,3-36,41-42H2,1-2H3,(H,43,45)(H,44,46). The van der Waals surface area contributed by atoms with Crippen LogP contribution >= 0.6 is 0 Å². The van der Waals surface area contributed by atoms with Gasteiger partial charge in [0.1, 0.15) is 0 Å². The minimum Gasteiger partial charge on any atom is -0.355 e. The summed E-state index contributed by atoms with van der Waals surface area (Å²) in [6.07, 6.45) is 38.7. The molecule has 0 saturated carbocycles. The molecular formula is C40H82N4O2. The summed E-state index contributed by atoms with van der Waals surface area (Å²) in [7, 11) is 0. The third-order valence-corrected chi connectivity index (χ3v) is 9.91. The predicted octanol–water partition coefficient (Wildman–Crippen LogP) is 10.1. The van der Waals surface area contributed by atoms with E-state index in [1.807, 2.05) is 0 Å². The molecule has 0 aromatic rings. The topological polar surface area (TPSA) is 110 Å². The molecule has 0 fully saturated rings. The van der Waals surface area contributed by atoms with E-state index in [0.717, 1.165) is 24.7 Å². The van der Waals surface area contributed by atoms with Crippen LogP contribution in [0.2, 0.25) is 0 Å². The van der Waals surface area contributed by atoms with E-state index in [1.54, 1.807) is 0 Å². The first-order chi connectivity index (χ1) is 22.6. The molecule has 0 aliphatic carbocycles. The van der Waals surface area contributed by atoms with Crippen molar-refractivity contribution < 1.29 is 9.59 Å². The number of nitrogens with two attached hydrogens (primary N) is 2. The molecule has 0 bridgehead atoms. The number of carbonyl (C=O) groups excluding carboxylic acids is 2. The number of rotatable bonds is 37. The number of hydrogen-bond acceptors (Lipinski definition) is 4. The van der Waals surface area contributed by atoms with Gasteiger partial charge in [0, 0.05) is 39.0 Å². The van der Waals surface area contributed by atoms with Gasteiger partial charge in [0.15, 0.2) is 0 Å². The first kappa shape index (κ1) is 44.9. The van der Waals surface area contributed by atoms with Crippen LogP contribution in [-0.2, 0) is 9.59 Å². The molecule has 6 nitrogen and oxygen atoms in total. The Kier molecular flexibility index (Phi) is 35.8. The molecule has 0 spiro atoms. The molecule has 6 heteroatoms. The van der Waals surface area contributed by atoms with Crippen LogP contribution in [0.5, 0.6) is 0 Å². The van der Waals surface area contributed by atoms with Gasteiger partial charge in [-0.15, -0.1) is 0 Å². The second-order valence-corrected chi connectivity index (χ2v) is 14.2. The highest BCUT2D eigenvalue weighted by Crippen LogP contribution is 2.33. The lowest BCUT2D eigenvalue weighted by molar-refractivity contribution is -0.122. The van der Waals surface area contributed by atoms with Crippen LogP contribution in [0.4, 0.5) is 0 Å². The van der Waals surface area contributed by atoms with E-state index in [9.17, 15) is 9.59 Å². The van der Waals surface area contributed by atoms with Gasteiger partial charge in [0.25, 0.3) is 0 Å². The lowest BCUT2D eigenvalue weighted by atomic mass is 9.78. The minimum atomic E-state index is 0.155. The van der Waals surface area contributed by atoms with Gasteiger partial charge in [0.2, 0.25) is 11.8 Å². The summed E-state index contributed by atoms with van der Waals surface area (Å²) in [5, 5.41) is 5.76. The fourth-order valence-corrected chi connectivity index (χ4v) is 7.00. The largest absolute Gasteiger partial charge is 0.355 e. The number of carbonyl (C=O) groups is 2. The summed E-state index contributed by atoms with van der Waals surface area (Å²) in [5.41, 5.74) is 11.0. The van der Waals surface area contributed by atoms with Crippen molar-refractivity contribution in [1.82, 2.24) is 10.6 Å². The maximum Gasteiger partial charge on any atom is 0.220 e. The molecule has 274 valence electrons. The van der Waals surface area contributed by atoms with E-state index >= 15 is 0 Å². The van der Waals surface area contributed by atoms with E-state index in [2.05, 4.69) is 24.5 Å².